The minimum atomic E-state index is -0.377. The van der Waals surface area contributed by atoms with Gasteiger partial charge in [0.2, 0.25) is 0 Å². The molecule has 2 N–H and O–H groups in total. The molecule has 0 aliphatic rings. The predicted octanol–water partition coefficient (Wildman–Crippen LogP) is 3.29. The van der Waals surface area contributed by atoms with Crippen LogP contribution in [0.1, 0.15) is 22.2 Å². The normalized spacial score (nSPS) is 11.4. The molecule has 1 heterocycles. The van der Waals surface area contributed by atoms with E-state index in [0.29, 0.717) is 16.4 Å². The molecule has 6 heteroatoms. The quantitative estimate of drug-likeness (QED) is 0.676. The second-order valence-electron chi connectivity index (χ2n) is 4.53. The monoisotopic (exact) mass is 327 g/mol. The van der Waals surface area contributed by atoms with Gasteiger partial charge in [-0.05, 0) is 42.5 Å². The molecular weight excluding hydrogens is 310 g/mol. The zero-order valence-electron chi connectivity index (χ0n) is 11.9. The molecule has 114 valence electrons. The first kappa shape index (κ1) is 17.5. The maximum Gasteiger partial charge on any atom is 0.353 e. The van der Waals surface area contributed by atoms with Gasteiger partial charge in [-0.1, -0.05) is 12.1 Å². The lowest BCUT2D eigenvalue weighted by Crippen LogP contribution is -2.17. The van der Waals surface area contributed by atoms with Crippen LogP contribution >= 0.6 is 23.7 Å². The van der Waals surface area contributed by atoms with Gasteiger partial charge in [-0.15, -0.1) is 23.7 Å². The largest absolute Gasteiger partial charge is 0.493 e. The second kappa shape index (κ2) is 8.02. The predicted molar refractivity (Wildman–Crippen MR) is 86.9 cm³/mol. The second-order valence-corrected chi connectivity index (χ2v) is 5.48. The summed E-state index contributed by atoms with van der Waals surface area (Å²) in [7, 11) is 1.55. The molecule has 0 fully saturated rings. The standard InChI is InChI=1S/C15H17NO3S.ClH/c1-10(16)8-11-5-6-12(13(9-11)18-2)19-15(17)14-4-3-7-20-14;/h3-7,9-10H,8,16H2,1-2H3;1H. The van der Waals surface area contributed by atoms with Crippen molar-refractivity contribution in [1.82, 2.24) is 0 Å². The third kappa shape index (κ3) is 4.74. The van der Waals surface area contributed by atoms with Crippen LogP contribution < -0.4 is 15.2 Å². The summed E-state index contributed by atoms with van der Waals surface area (Å²) in [6, 6.07) is 9.08. The van der Waals surface area contributed by atoms with Crippen LogP contribution in [0.4, 0.5) is 0 Å². The van der Waals surface area contributed by atoms with E-state index in [2.05, 4.69) is 0 Å². The van der Waals surface area contributed by atoms with Crippen molar-refractivity contribution in [2.45, 2.75) is 19.4 Å². The summed E-state index contributed by atoms with van der Waals surface area (Å²) >= 11 is 1.34. The van der Waals surface area contributed by atoms with Crippen LogP contribution in [0.3, 0.4) is 0 Å². The first-order valence-electron chi connectivity index (χ1n) is 6.28. The Kier molecular flexibility index (Phi) is 6.68. The third-order valence-corrected chi connectivity index (χ3v) is 3.56. The van der Waals surface area contributed by atoms with E-state index in [0.717, 1.165) is 12.0 Å². The molecule has 4 nitrogen and oxygen atoms in total. The summed E-state index contributed by atoms with van der Waals surface area (Å²) in [4.78, 5) is 12.5. The van der Waals surface area contributed by atoms with Crippen LogP contribution in [0.5, 0.6) is 11.5 Å². The maximum atomic E-state index is 11.9. The molecule has 2 rings (SSSR count). The minimum absolute atomic E-state index is 0. The topological polar surface area (TPSA) is 61.6 Å². The zero-order valence-corrected chi connectivity index (χ0v) is 13.5. The van der Waals surface area contributed by atoms with Crippen molar-refractivity contribution in [3.05, 3.63) is 46.2 Å². The van der Waals surface area contributed by atoms with Gasteiger partial charge in [0, 0.05) is 6.04 Å². The average Bonchev–Trinajstić information content (AvgIpc) is 2.93. The lowest BCUT2D eigenvalue weighted by molar-refractivity contribution is 0.0735. The molecular formula is C15H18ClNO3S. The number of thiophene rings is 1. The number of carbonyl (C=O) groups is 1. The van der Waals surface area contributed by atoms with E-state index in [1.54, 1.807) is 19.2 Å². The molecule has 21 heavy (non-hydrogen) atoms. The van der Waals surface area contributed by atoms with Crippen molar-refractivity contribution < 1.29 is 14.3 Å². The number of rotatable bonds is 5. The van der Waals surface area contributed by atoms with Gasteiger partial charge in [-0.2, -0.15) is 0 Å². The molecule has 0 aliphatic carbocycles. The highest BCUT2D eigenvalue weighted by Gasteiger charge is 2.13. The van der Waals surface area contributed by atoms with Gasteiger partial charge in [0.05, 0.1) is 7.11 Å². The molecule has 0 saturated carbocycles. The minimum Gasteiger partial charge on any atom is -0.493 e. The molecule has 0 saturated heterocycles. The van der Waals surface area contributed by atoms with Crippen LogP contribution in [0.2, 0.25) is 0 Å². The maximum absolute atomic E-state index is 11.9. The summed E-state index contributed by atoms with van der Waals surface area (Å²) in [6.07, 6.45) is 0.746. The Morgan fingerprint density at radius 1 is 1.33 bits per heavy atom. The summed E-state index contributed by atoms with van der Waals surface area (Å²) in [5.74, 6) is 0.575. The molecule has 1 aromatic carbocycles. The third-order valence-electron chi connectivity index (χ3n) is 2.71. The number of benzene rings is 1. The molecule has 1 atom stereocenters. The first-order valence-corrected chi connectivity index (χ1v) is 7.16. The fourth-order valence-corrected chi connectivity index (χ4v) is 2.44. The lowest BCUT2D eigenvalue weighted by atomic mass is 10.1. The number of hydrogen-bond donors (Lipinski definition) is 1. The molecule has 0 radical (unpaired) electrons. The number of halogens is 1. The Balaban J connectivity index is 0.00000220. The number of esters is 1. The highest BCUT2D eigenvalue weighted by molar-refractivity contribution is 7.12. The van der Waals surface area contributed by atoms with Gasteiger partial charge in [-0.3, -0.25) is 0 Å². The fourth-order valence-electron chi connectivity index (χ4n) is 1.84. The first-order chi connectivity index (χ1) is 9.60. The van der Waals surface area contributed by atoms with Crippen LogP contribution in [0.15, 0.2) is 35.7 Å². The van der Waals surface area contributed by atoms with Gasteiger partial charge in [0.25, 0.3) is 0 Å². The number of nitrogens with two attached hydrogens (primary N) is 1. The van der Waals surface area contributed by atoms with E-state index < -0.39 is 0 Å². The van der Waals surface area contributed by atoms with E-state index in [1.165, 1.54) is 11.3 Å². The van der Waals surface area contributed by atoms with E-state index in [-0.39, 0.29) is 24.4 Å². The van der Waals surface area contributed by atoms with Gasteiger partial charge in [-0.25, -0.2) is 4.79 Å². The van der Waals surface area contributed by atoms with Crippen molar-refractivity contribution in [2.75, 3.05) is 7.11 Å². The Morgan fingerprint density at radius 2 is 2.10 bits per heavy atom. The molecule has 1 unspecified atom stereocenters. The van der Waals surface area contributed by atoms with E-state index in [9.17, 15) is 4.79 Å². The van der Waals surface area contributed by atoms with Gasteiger partial charge < -0.3 is 15.2 Å². The Morgan fingerprint density at radius 3 is 2.67 bits per heavy atom. The lowest BCUT2D eigenvalue weighted by Gasteiger charge is -2.11. The number of hydrogen-bond acceptors (Lipinski definition) is 5. The Bertz CT molecular complexity index is 585. The zero-order chi connectivity index (χ0) is 14.5. The highest BCUT2D eigenvalue weighted by Crippen LogP contribution is 2.29. The summed E-state index contributed by atoms with van der Waals surface area (Å²) in [5, 5.41) is 1.83. The molecule has 0 bridgehead atoms. The number of ether oxygens (including phenoxy) is 2. The van der Waals surface area contributed by atoms with Crippen molar-refractivity contribution in [1.29, 1.82) is 0 Å². The summed E-state index contributed by atoms with van der Waals surface area (Å²) in [6.45, 7) is 1.94. The van der Waals surface area contributed by atoms with Crippen molar-refractivity contribution in [3.8, 4) is 11.5 Å². The molecule has 0 aliphatic heterocycles. The summed E-state index contributed by atoms with van der Waals surface area (Å²) < 4.78 is 10.6. The smallest absolute Gasteiger partial charge is 0.353 e. The van der Waals surface area contributed by atoms with Crippen molar-refractivity contribution >= 4 is 29.7 Å². The van der Waals surface area contributed by atoms with Gasteiger partial charge in [0.15, 0.2) is 11.5 Å². The number of carbonyl (C=O) groups excluding carboxylic acids is 1. The molecule has 2 aromatic rings. The highest BCUT2D eigenvalue weighted by atomic mass is 35.5. The molecule has 0 amide bonds. The molecule has 0 spiro atoms. The SMILES string of the molecule is COc1cc(CC(C)N)ccc1OC(=O)c1cccs1.Cl. The van der Waals surface area contributed by atoms with Crippen molar-refractivity contribution in [3.63, 3.8) is 0 Å². The Hall–Kier alpha value is -1.56. The van der Waals surface area contributed by atoms with Crippen LogP contribution in [-0.4, -0.2) is 19.1 Å². The number of methoxy groups -OCH3 is 1. The van der Waals surface area contributed by atoms with Gasteiger partial charge in [0.1, 0.15) is 4.88 Å². The van der Waals surface area contributed by atoms with Crippen molar-refractivity contribution in [2.24, 2.45) is 5.73 Å². The molecule has 1 aromatic heterocycles. The Labute approximate surface area is 134 Å². The average molecular weight is 328 g/mol. The van der Waals surface area contributed by atoms with Crippen LogP contribution in [0, 0.1) is 0 Å². The van der Waals surface area contributed by atoms with Crippen LogP contribution in [0.25, 0.3) is 0 Å². The van der Waals surface area contributed by atoms with E-state index >= 15 is 0 Å². The van der Waals surface area contributed by atoms with Crippen LogP contribution in [-0.2, 0) is 6.42 Å². The van der Waals surface area contributed by atoms with E-state index in [4.69, 9.17) is 15.2 Å². The van der Waals surface area contributed by atoms with Gasteiger partial charge >= 0.3 is 5.97 Å². The summed E-state index contributed by atoms with van der Waals surface area (Å²) in [5.41, 5.74) is 6.82. The fraction of sp³-hybridized carbons (Fsp3) is 0.267. The van der Waals surface area contributed by atoms with E-state index in [1.807, 2.05) is 30.5 Å².